The number of carbonyl (C=O) groups excluding carboxylic acids is 1. The third kappa shape index (κ3) is 3.83. The fourth-order valence-corrected chi connectivity index (χ4v) is 2.69. The van der Waals surface area contributed by atoms with Crippen molar-refractivity contribution in [3.05, 3.63) is 35.4 Å². The summed E-state index contributed by atoms with van der Waals surface area (Å²) in [6, 6.07) is 8.49. The van der Waals surface area contributed by atoms with E-state index in [4.69, 9.17) is 0 Å². The van der Waals surface area contributed by atoms with Crippen LogP contribution >= 0.6 is 0 Å². The Morgan fingerprint density at radius 3 is 2.40 bits per heavy atom. The first kappa shape index (κ1) is 15.0. The van der Waals surface area contributed by atoms with Crippen molar-refractivity contribution in [3.8, 4) is 0 Å². The molecule has 1 aliphatic rings. The van der Waals surface area contributed by atoms with Crippen molar-refractivity contribution < 1.29 is 4.79 Å². The Kier molecular flexibility index (Phi) is 5.18. The summed E-state index contributed by atoms with van der Waals surface area (Å²) in [4.78, 5) is 16.6. The first-order valence-corrected chi connectivity index (χ1v) is 7.62. The van der Waals surface area contributed by atoms with Crippen LogP contribution in [-0.4, -0.2) is 41.9 Å². The lowest BCUT2D eigenvalue weighted by Crippen LogP contribution is -2.47. The van der Waals surface area contributed by atoms with E-state index in [0.29, 0.717) is 0 Å². The van der Waals surface area contributed by atoms with Crippen LogP contribution in [0, 0.1) is 6.92 Å². The van der Waals surface area contributed by atoms with Gasteiger partial charge in [-0.2, -0.15) is 0 Å². The maximum absolute atomic E-state index is 12.5. The van der Waals surface area contributed by atoms with Crippen molar-refractivity contribution in [1.82, 2.24) is 9.80 Å². The third-order valence-corrected chi connectivity index (χ3v) is 4.24. The van der Waals surface area contributed by atoms with E-state index in [-0.39, 0.29) is 11.9 Å². The summed E-state index contributed by atoms with van der Waals surface area (Å²) in [7, 11) is 2.03. The summed E-state index contributed by atoms with van der Waals surface area (Å²) < 4.78 is 0. The number of benzene rings is 1. The molecule has 1 amide bonds. The molecular weight excluding hydrogens is 248 g/mol. The minimum Gasteiger partial charge on any atom is -0.341 e. The molecule has 0 aliphatic carbocycles. The smallest absolute Gasteiger partial charge is 0.239 e. The average Bonchev–Trinajstić information content (AvgIpc) is 2.49. The summed E-state index contributed by atoms with van der Waals surface area (Å²) in [5.74, 6) is 0.277. The summed E-state index contributed by atoms with van der Waals surface area (Å²) in [6.07, 6.45) is 3.57. The lowest BCUT2D eigenvalue weighted by molar-refractivity contribution is -0.137. The SMILES string of the molecule is Cc1ccc(CN(C)C(C)C(=O)N2CCCCC2)cc1. The Hall–Kier alpha value is -1.35. The fraction of sp³-hybridized carbons (Fsp3) is 0.588. The predicted molar refractivity (Wildman–Crippen MR) is 82.5 cm³/mol. The lowest BCUT2D eigenvalue weighted by Gasteiger charge is -2.32. The number of aryl methyl sites for hydroxylation is 1. The largest absolute Gasteiger partial charge is 0.341 e. The summed E-state index contributed by atoms with van der Waals surface area (Å²) in [5.41, 5.74) is 2.53. The highest BCUT2D eigenvalue weighted by Crippen LogP contribution is 2.14. The van der Waals surface area contributed by atoms with Crippen molar-refractivity contribution in [2.75, 3.05) is 20.1 Å². The Morgan fingerprint density at radius 2 is 1.80 bits per heavy atom. The van der Waals surface area contributed by atoms with Gasteiger partial charge in [-0.3, -0.25) is 9.69 Å². The average molecular weight is 274 g/mol. The van der Waals surface area contributed by atoms with E-state index in [1.807, 2.05) is 18.9 Å². The number of piperidine rings is 1. The number of hydrogen-bond donors (Lipinski definition) is 0. The number of nitrogens with zero attached hydrogens (tertiary/aromatic N) is 2. The van der Waals surface area contributed by atoms with Gasteiger partial charge in [0, 0.05) is 19.6 Å². The Bertz CT molecular complexity index is 435. The second-order valence-corrected chi connectivity index (χ2v) is 5.96. The molecule has 1 aromatic rings. The third-order valence-electron chi connectivity index (χ3n) is 4.24. The molecule has 0 N–H and O–H groups in total. The van der Waals surface area contributed by atoms with Crippen LogP contribution < -0.4 is 0 Å². The van der Waals surface area contributed by atoms with Crippen molar-refractivity contribution in [3.63, 3.8) is 0 Å². The molecular formula is C17H26N2O. The lowest BCUT2D eigenvalue weighted by atomic mass is 10.1. The predicted octanol–water partition coefficient (Wildman–Crippen LogP) is 2.83. The van der Waals surface area contributed by atoms with Gasteiger partial charge in [-0.1, -0.05) is 29.8 Å². The zero-order valence-electron chi connectivity index (χ0n) is 12.9. The number of carbonyl (C=O) groups is 1. The van der Waals surface area contributed by atoms with Gasteiger partial charge in [0.05, 0.1) is 6.04 Å². The molecule has 1 aromatic carbocycles. The monoisotopic (exact) mass is 274 g/mol. The molecule has 3 nitrogen and oxygen atoms in total. The van der Waals surface area contributed by atoms with Gasteiger partial charge in [0.15, 0.2) is 0 Å². The summed E-state index contributed by atoms with van der Waals surface area (Å²) >= 11 is 0. The topological polar surface area (TPSA) is 23.6 Å². The van der Waals surface area contributed by atoms with Crippen LogP contribution in [0.1, 0.15) is 37.3 Å². The van der Waals surface area contributed by atoms with E-state index in [1.54, 1.807) is 0 Å². The molecule has 1 heterocycles. The number of rotatable bonds is 4. The second-order valence-electron chi connectivity index (χ2n) is 5.96. The van der Waals surface area contributed by atoms with Crippen LogP contribution in [0.5, 0.6) is 0 Å². The van der Waals surface area contributed by atoms with Crippen LogP contribution in [0.2, 0.25) is 0 Å². The highest BCUT2D eigenvalue weighted by molar-refractivity contribution is 5.81. The Balaban J connectivity index is 1.91. The van der Waals surface area contributed by atoms with E-state index in [2.05, 4.69) is 36.1 Å². The Morgan fingerprint density at radius 1 is 1.20 bits per heavy atom. The fourth-order valence-electron chi connectivity index (χ4n) is 2.69. The maximum atomic E-state index is 12.5. The molecule has 1 fully saturated rings. The highest BCUT2D eigenvalue weighted by Gasteiger charge is 2.24. The summed E-state index contributed by atoms with van der Waals surface area (Å²) in [6.45, 7) is 6.80. The van der Waals surface area contributed by atoms with Gasteiger partial charge in [-0.25, -0.2) is 0 Å². The van der Waals surface area contributed by atoms with E-state index >= 15 is 0 Å². The minimum absolute atomic E-state index is 0.0468. The van der Waals surface area contributed by atoms with Crippen LogP contribution in [0.25, 0.3) is 0 Å². The second kappa shape index (κ2) is 6.89. The molecule has 1 aliphatic heterocycles. The molecule has 1 saturated heterocycles. The molecule has 1 atom stereocenters. The zero-order valence-corrected chi connectivity index (χ0v) is 12.9. The molecule has 0 radical (unpaired) electrons. The minimum atomic E-state index is -0.0468. The highest BCUT2D eigenvalue weighted by atomic mass is 16.2. The Labute approximate surface area is 122 Å². The van der Waals surface area contributed by atoms with Gasteiger partial charge >= 0.3 is 0 Å². The first-order chi connectivity index (χ1) is 9.58. The molecule has 0 saturated carbocycles. The van der Waals surface area contributed by atoms with Gasteiger partial charge in [0.25, 0.3) is 0 Å². The van der Waals surface area contributed by atoms with Crippen molar-refractivity contribution in [1.29, 1.82) is 0 Å². The van der Waals surface area contributed by atoms with Crippen molar-refractivity contribution in [2.24, 2.45) is 0 Å². The zero-order chi connectivity index (χ0) is 14.5. The quantitative estimate of drug-likeness (QED) is 0.843. The number of likely N-dealkylation sites (N-methyl/N-ethyl adjacent to an activating group) is 1. The molecule has 0 bridgehead atoms. The van der Waals surface area contributed by atoms with Crippen LogP contribution in [0.4, 0.5) is 0 Å². The maximum Gasteiger partial charge on any atom is 0.239 e. The van der Waals surface area contributed by atoms with Gasteiger partial charge in [0.1, 0.15) is 0 Å². The molecule has 20 heavy (non-hydrogen) atoms. The summed E-state index contributed by atoms with van der Waals surface area (Å²) in [5, 5.41) is 0. The van der Waals surface area contributed by atoms with Crippen LogP contribution in [-0.2, 0) is 11.3 Å². The number of hydrogen-bond acceptors (Lipinski definition) is 2. The van der Waals surface area contributed by atoms with E-state index in [0.717, 1.165) is 32.5 Å². The number of likely N-dealkylation sites (tertiary alicyclic amines) is 1. The first-order valence-electron chi connectivity index (χ1n) is 7.62. The standard InChI is InChI=1S/C17H26N2O/c1-14-7-9-16(10-8-14)13-18(3)15(2)17(20)19-11-5-4-6-12-19/h7-10,15H,4-6,11-13H2,1-3H3. The van der Waals surface area contributed by atoms with E-state index in [1.165, 1.54) is 17.5 Å². The van der Waals surface area contributed by atoms with Crippen LogP contribution in [0.15, 0.2) is 24.3 Å². The molecule has 2 rings (SSSR count). The molecule has 0 aromatic heterocycles. The van der Waals surface area contributed by atoms with Gasteiger partial charge < -0.3 is 4.90 Å². The van der Waals surface area contributed by atoms with Gasteiger partial charge in [0.2, 0.25) is 5.91 Å². The van der Waals surface area contributed by atoms with E-state index < -0.39 is 0 Å². The van der Waals surface area contributed by atoms with E-state index in [9.17, 15) is 4.79 Å². The molecule has 3 heteroatoms. The molecule has 110 valence electrons. The normalized spacial score (nSPS) is 17.3. The van der Waals surface area contributed by atoms with Crippen molar-refractivity contribution >= 4 is 5.91 Å². The van der Waals surface area contributed by atoms with Gasteiger partial charge in [-0.15, -0.1) is 0 Å². The molecule has 1 unspecified atom stereocenters. The van der Waals surface area contributed by atoms with Gasteiger partial charge in [-0.05, 0) is 45.7 Å². The molecule has 0 spiro atoms. The van der Waals surface area contributed by atoms with Crippen LogP contribution in [0.3, 0.4) is 0 Å². The van der Waals surface area contributed by atoms with Crippen molar-refractivity contribution in [2.45, 2.75) is 45.7 Å². The number of amides is 1.